The van der Waals surface area contributed by atoms with Crippen molar-refractivity contribution in [3.63, 3.8) is 0 Å². The van der Waals surface area contributed by atoms with Crippen molar-refractivity contribution in [1.29, 1.82) is 0 Å². The third-order valence-electron chi connectivity index (χ3n) is 17.1. The van der Waals surface area contributed by atoms with Gasteiger partial charge in [-0.1, -0.05) is 123 Å². The van der Waals surface area contributed by atoms with E-state index in [1.807, 2.05) is 149 Å². The van der Waals surface area contributed by atoms with E-state index in [0.29, 0.717) is 51.2 Å². The predicted octanol–water partition coefficient (Wildman–Crippen LogP) is 7.28. The quantitative estimate of drug-likeness (QED) is 0.0522. The molecule has 10 N–H and O–H groups in total. The summed E-state index contributed by atoms with van der Waals surface area (Å²) in [5.41, 5.74) is 3.73. The molecule has 27 heteroatoms. The van der Waals surface area contributed by atoms with Gasteiger partial charge in [0.2, 0.25) is 59.1 Å². The second kappa shape index (κ2) is 56.2. The number of carbonyl (C=O) groups excluding carboxylic acids is 10. The minimum Gasteiger partial charge on any atom is -0.396 e. The number of rotatable bonds is 23. The lowest BCUT2D eigenvalue weighted by atomic mass is 9.97. The molecule has 105 heavy (non-hydrogen) atoms. The molecule has 1 aromatic heterocycles. The summed E-state index contributed by atoms with van der Waals surface area (Å²) in [5, 5.41) is 45.8. The average molecular weight is 1490 g/mol. The van der Waals surface area contributed by atoms with Gasteiger partial charge in [0, 0.05) is 158 Å². The maximum atomic E-state index is 11.6. The van der Waals surface area contributed by atoms with Crippen molar-refractivity contribution >= 4 is 70.4 Å². The number of nitrogens with one attached hydrogen (secondary N) is 7. The van der Waals surface area contributed by atoms with Crippen LogP contribution < -0.4 is 37.2 Å². The molecule has 0 atom stereocenters. The van der Waals surface area contributed by atoms with Gasteiger partial charge in [-0.25, -0.2) is 0 Å². The van der Waals surface area contributed by atoms with Crippen molar-refractivity contribution in [2.24, 2.45) is 59.2 Å². The second-order valence-corrected chi connectivity index (χ2v) is 29.6. The minimum absolute atomic E-state index is 0.000474. The van der Waals surface area contributed by atoms with Crippen molar-refractivity contribution in [2.75, 3.05) is 116 Å². The number of carbonyl (C=O) groups is 10. The number of aliphatic hydroxyl groups excluding tert-OH is 3. The Hall–Kier alpha value is -7.17. The van der Waals surface area contributed by atoms with E-state index in [2.05, 4.69) is 42.2 Å². The number of pyridine rings is 1. The molecular formula is C78H137N11O16. The van der Waals surface area contributed by atoms with Gasteiger partial charge in [0.25, 0.3) is 0 Å². The molecule has 0 unspecified atom stereocenters. The Kier molecular flexibility index (Phi) is 52.3. The van der Waals surface area contributed by atoms with Crippen molar-refractivity contribution in [1.82, 2.24) is 46.3 Å². The molecule has 0 spiro atoms. The summed E-state index contributed by atoms with van der Waals surface area (Å²) in [6.07, 6.45) is 12.0. The summed E-state index contributed by atoms with van der Waals surface area (Å²) in [7, 11) is 1.66. The van der Waals surface area contributed by atoms with Gasteiger partial charge in [-0.2, -0.15) is 0 Å². The zero-order valence-electron chi connectivity index (χ0n) is 67.2. The smallest absolute Gasteiger partial charge is 0.226 e. The van der Waals surface area contributed by atoms with Crippen molar-refractivity contribution in [2.45, 2.75) is 207 Å². The molecule has 0 bridgehead atoms. The first-order valence-corrected chi connectivity index (χ1v) is 37.9. The highest BCUT2D eigenvalue weighted by atomic mass is 16.5. The molecule has 10 amide bonds. The fraction of sp³-hybridized carbons (Fsp3) is 0.731. The van der Waals surface area contributed by atoms with E-state index in [4.69, 9.17) is 29.5 Å². The number of amides is 10. The molecule has 600 valence electrons. The number of ether oxygens (including phenoxy) is 3. The number of anilines is 2. The molecule has 1 aromatic carbocycles. The summed E-state index contributed by atoms with van der Waals surface area (Å²) in [4.78, 5) is 122. The SMILES string of the molecule is CC(=O)N1CCC(NC(=O)C(C)C)CC1.CC(C)C(=O)N1CCC(CO)CC1.CC(C)C(=O)NC(CO)CO.CC(C)C(=O)NC1COC1.CC(C)C(=O)NCC1CCOCC1.CC(C)C(=O)NCCN1CCCCC1=O.COCc1ccc(NC(=O)C(C)C)cc1.Cc1cncc(NC(=O)C(C)C)c1. The number of aliphatic hydroxyl groups is 3. The van der Waals surface area contributed by atoms with E-state index >= 15 is 0 Å². The van der Waals surface area contributed by atoms with E-state index in [1.54, 1.807) is 40.3 Å². The predicted molar refractivity (Wildman–Crippen MR) is 411 cm³/mol. The Morgan fingerprint density at radius 1 is 0.543 bits per heavy atom. The Bertz CT molecular complexity index is 2790. The van der Waals surface area contributed by atoms with Crippen LogP contribution in [0.25, 0.3) is 0 Å². The van der Waals surface area contributed by atoms with Crippen molar-refractivity contribution < 1.29 is 77.5 Å². The third kappa shape index (κ3) is 45.8. The molecule has 0 radical (unpaired) electrons. The molecule has 7 rings (SSSR count). The lowest BCUT2D eigenvalue weighted by Gasteiger charge is -2.32. The number of aromatic nitrogens is 1. The van der Waals surface area contributed by atoms with Gasteiger partial charge >= 0.3 is 0 Å². The van der Waals surface area contributed by atoms with Crippen LogP contribution >= 0.6 is 0 Å². The molecule has 6 heterocycles. The van der Waals surface area contributed by atoms with Gasteiger partial charge in [0.1, 0.15) is 0 Å². The topological polar surface area (TPSA) is 366 Å². The van der Waals surface area contributed by atoms with Gasteiger partial charge in [-0.3, -0.25) is 52.9 Å². The first-order valence-electron chi connectivity index (χ1n) is 37.9. The lowest BCUT2D eigenvalue weighted by Crippen LogP contribution is -2.49. The molecule has 2 aromatic rings. The number of aryl methyl sites for hydroxylation is 1. The molecular weight excluding hydrogens is 1350 g/mol. The number of hydrogen-bond acceptors (Lipinski definition) is 17. The van der Waals surface area contributed by atoms with Crippen LogP contribution in [0.15, 0.2) is 42.7 Å². The van der Waals surface area contributed by atoms with Crippen molar-refractivity contribution in [3.8, 4) is 0 Å². The van der Waals surface area contributed by atoms with Crippen molar-refractivity contribution in [3.05, 3.63) is 53.9 Å². The van der Waals surface area contributed by atoms with Crippen LogP contribution in [0, 0.1) is 66.1 Å². The maximum Gasteiger partial charge on any atom is 0.226 e. The first kappa shape index (κ1) is 97.8. The molecule has 5 aliphatic rings. The van der Waals surface area contributed by atoms with E-state index in [0.717, 1.165) is 126 Å². The third-order valence-corrected chi connectivity index (χ3v) is 17.1. The van der Waals surface area contributed by atoms with Crippen LogP contribution in [0.2, 0.25) is 0 Å². The zero-order chi connectivity index (χ0) is 79.7. The van der Waals surface area contributed by atoms with Crippen LogP contribution in [0.5, 0.6) is 0 Å². The number of likely N-dealkylation sites (tertiary alicyclic amines) is 3. The van der Waals surface area contributed by atoms with E-state index < -0.39 is 6.04 Å². The lowest BCUT2D eigenvalue weighted by molar-refractivity contribution is -0.136. The average Bonchev–Trinajstić information content (AvgIpc) is 0.962. The number of nitrogens with zero attached hydrogens (tertiary/aromatic N) is 4. The summed E-state index contributed by atoms with van der Waals surface area (Å²) in [5.74, 6) is 2.20. The van der Waals surface area contributed by atoms with E-state index in [-0.39, 0.29) is 138 Å². The highest BCUT2D eigenvalue weighted by Crippen LogP contribution is 2.19. The Morgan fingerprint density at radius 2 is 1.03 bits per heavy atom. The summed E-state index contributed by atoms with van der Waals surface area (Å²) in [6, 6.07) is 9.55. The number of benzene rings is 1. The summed E-state index contributed by atoms with van der Waals surface area (Å²) >= 11 is 0. The molecule has 5 aliphatic heterocycles. The monoisotopic (exact) mass is 1480 g/mol. The number of methoxy groups -OCH3 is 1. The first-order chi connectivity index (χ1) is 49.5. The standard InChI is InChI=1S/C12H17NO2.2C11H20N2O2.C10H14N2O.2C10H19NO2.C7H15NO3.C7H13NO2/c1-9(2)12(14)13-11-6-4-10(5-7-11)8-15-3;1-8(2)11(15)12-10-4-6-13(7-5-10)9(3)14;1-9(2)11(15)12-6-8-13-7-4-3-5-10(13)14;1-7(2)10(13)12-9-4-8(3)5-11-6-9;1-8(2)10(12)11-7-9-3-5-13-6-4-9;1-8(2)10(13)11-5-3-9(7-12)4-6-11;1-5(2)7(11)8-6(3-9)4-10;1-5(2)7(9)8-6-3-10-4-6/h4-7,9H,8H2,1-3H3,(H,13,14);8,10H,4-7H2,1-3H3,(H,12,15);9H,3-8H2,1-2H3,(H,12,15);4-7H,1-3H3,(H,12,13);8-9H,3-7H2,1-2H3,(H,11,12);8-9,12H,3-7H2,1-2H3;5-6,9-10H,3-4H2,1-2H3,(H,8,11);5-6H,3-4H2,1-2H3,(H,8,9). The molecule has 5 saturated heterocycles. The molecule has 0 saturated carbocycles. The fourth-order valence-electron chi connectivity index (χ4n) is 9.67. The van der Waals surface area contributed by atoms with Gasteiger partial charge in [0.15, 0.2) is 0 Å². The number of piperidine rings is 3. The second-order valence-electron chi connectivity index (χ2n) is 29.6. The van der Waals surface area contributed by atoms with E-state index in [9.17, 15) is 47.9 Å². The Balaban J connectivity index is 0.00000118. The molecule has 0 aliphatic carbocycles. The Labute approximate surface area is 628 Å². The number of hydrogen-bond donors (Lipinski definition) is 10. The van der Waals surface area contributed by atoms with Crippen LogP contribution in [-0.2, 0) is 68.8 Å². The van der Waals surface area contributed by atoms with Gasteiger partial charge in [-0.05, 0) is 99.5 Å². The zero-order valence-corrected chi connectivity index (χ0v) is 67.2. The van der Waals surface area contributed by atoms with Gasteiger partial charge < -0.3 is 81.4 Å². The van der Waals surface area contributed by atoms with Crippen LogP contribution in [-0.4, -0.2) is 218 Å². The fourth-order valence-corrected chi connectivity index (χ4v) is 9.67. The normalized spacial score (nSPS) is 15.4. The summed E-state index contributed by atoms with van der Waals surface area (Å²) in [6.45, 7) is 43.0. The van der Waals surface area contributed by atoms with Gasteiger partial charge in [-0.15, -0.1) is 0 Å². The van der Waals surface area contributed by atoms with Crippen LogP contribution in [0.4, 0.5) is 11.4 Å². The molecule has 5 fully saturated rings. The summed E-state index contributed by atoms with van der Waals surface area (Å²) < 4.78 is 15.1. The Morgan fingerprint density at radius 3 is 1.46 bits per heavy atom. The van der Waals surface area contributed by atoms with Crippen LogP contribution in [0.1, 0.15) is 187 Å². The highest BCUT2D eigenvalue weighted by molar-refractivity contribution is 5.92. The largest absolute Gasteiger partial charge is 0.396 e. The van der Waals surface area contributed by atoms with E-state index in [1.165, 1.54) is 0 Å². The maximum absolute atomic E-state index is 11.6. The van der Waals surface area contributed by atoms with Crippen LogP contribution in [0.3, 0.4) is 0 Å². The minimum atomic E-state index is -0.523. The molecule has 27 nitrogen and oxygen atoms in total. The highest BCUT2D eigenvalue weighted by Gasteiger charge is 2.26. The van der Waals surface area contributed by atoms with Gasteiger partial charge in [0.05, 0.1) is 57.0 Å².